The maximum absolute atomic E-state index is 13.2. The molecular formula is C18H27N3O. The standard InChI is InChI=1S/C18H27N3O/c1-11-16(12(2)21(4)19-11)17(22)20(3)18-8-13-5-14(9-18)7-15(6-13)10-18/h13-15H,5-10H2,1-4H3. The molecule has 120 valence electrons. The molecule has 0 aliphatic heterocycles. The molecule has 4 nitrogen and oxygen atoms in total. The fraction of sp³-hybridized carbons (Fsp3) is 0.778. The minimum absolute atomic E-state index is 0.126. The summed E-state index contributed by atoms with van der Waals surface area (Å²) < 4.78 is 1.83. The van der Waals surface area contributed by atoms with Gasteiger partial charge >= 0.3 is 0 Å². The predicted octanol–water partition coefficient (Wildman–Crippen LogP) is 3.08. The Morgan fingerprint density at radius 1 is 1.14 bits per heavy atom. The monoisotopic (exact) mass is 301 g/mol. The van der Waals surface area contributed by atoms with E-state index in [2.05, 4.69) is 10.00 Å². The maximum atomic E-state index is 13.2. The third-order valence-corrected chi connectivity index (χ3v) is 6.74. The smallest absolute Gasteiger partial charge is 0.257 e. The number of hydrogen-bond donors (Lipinski definition) is 0. The molecule has 5 rings (SSSR count). The highest BCUT2D eigenvalue weighted by Crippen LogP contribution is 2.57. The SMILES string of the molecule is Cc1nn(C)c(C)c1C(=O)N(C)C12CC3CC(CC(C3)C1)C2. The van der Waals surface area contributed by atoms with Crippen molar-refractivity contribution in [1.29, 1.82) is 0 Å². The average molecular weight is 301 g/mol. The lowest BCUT2D eigenvalue weighted by atomic mass is 9.52. The van der Waals surface area contributed by atoms with Crippen LogP contribution in [0, 0.1) is 31.6 Å². The summed E-state index contributed by atoms with van der Waals surface area (Å²) in [5.74, 6) is 2.76. The van der Waals surface area contributed by atoms with Crippen LogP contribution in [-0.2, 0) is 7.05 Å². The van der Waals surface area contributed by atoms with Gasteiger partial charge in [-0.1, -0.05) is 0 Å². The Hall–Kier alpha value is -1.32. The zero-order valence-corrected chi connectivity index (χ0v) is 14.2. The molecule has 1 aromatic heterocycles. The van der Waals surface area contributed by atoms with Gasteiger partial charge in [0.05, 0.1) is 11.3 Å². The van der Waals surface area contributed by atoms with E-state index < -0.39 is 0 Å². The van der Waals surface area contributed by atoms with Crippen molar-refractivity contribution in [3.05, 3.63) is 17.0 Å². The second kappa shape index (κ2) is 4.59. The van der Waals surface area contributed by atoms with E-state index in [1.165, 1.54) is 38.5 Å². The molecule has 4 fully saturated rings. The highest BCUT2D eigenvalue weighted by atomic mass is 16.2. The summed E-state index contributed by atoms with van der Waals surface area (Å²) in [5, 5.41) is 4.43. The molecule has 0 N–H and O–H groups in total. The van der Waals surface area contributed by atoms with E-state index in [1.807, 2.05) is 32.6 Å². The van der Waals surface area contributed by atoms with Crippen LogP contribution in [0.3, 0.4) is 0 Å². The third kappa shape index (κ3) is 1.88. The molecule has 0 aromatic carbocycles. The van der Waals surface area contributed by atoms with Gasteiger partial charge in [-0.3, -0.25) is 9.48 Å². The van der Waals surface area contributed by atoms with E-state index in [-0.39, 0.29) is 11.4 Å². The molecule has 4 aliphatic carbocycles. The van der Waals surface area contributed by atoms with Gasteiger partial charge in [-0.15, -0.1) is 0 Å². The highest BCUT2D eigenvalue weighted by molar-refractivity contribution is 5.96. The van der Waals surface area contributed by atoms with Crippen LogP contribution in [0.15, 0.2) is 0 Å². The molecular weight excluding hydrogens is 274 g/mol. The van der Waals surface area contributed by atoms with Crippen LogP contribution in [0.5, 0.6) is 0 Å². The zero-order valence-electron chi connectivity index (χ0n) is 14.2. The Balaban J connectivity index is 1.66. The van der Waals surface area contributed by atoms with Crippen LogP contribution in [0.1, 0.15) is 60.3 Å². The second-order valence-corrected chi connectivity index (χ2v) is 8.18. The Bertz CT molecular complexity index is 595. The summed E-state index contributed by atoms with van der Waals surface area (Å²) >= 11 is 0. The fourth-order valence-electron chi connectivity index (χ4n) is 5.94. The van der Waals surface area contributed by atoms with Crippen molar-refractivity contribution >= 4 is 5.91 Å². The number of rotatable bonds is 2. The van der Waals surface area contributed by atoms with Crippen LogP contribution < -0.4 is 0 Å². The maximum Gasteiger partial charge on any atom is 0.257 e. The van der Waals surface area contributed by atoms with E-state index in [9.17, 15) is 4.79 Å². The van der Waals surface area contributed by atoms with Crippen LogP contribution >= 0.6 is 0 Å². The summed E-state index contributed by atoms with van der Waals surface area (Å²) in [6.07, 6.45) is 7.89. The van der Waals surface area contributed by atoms with Crippen molar-refractivity contribution < 1.29 is 4.79 Å². The molecule has 0 atom stereocenters. The van der Waals surface area contributed by atoms with Gasteiger partial charge in [-0.05, 0) is 70.1 Å². The van der Waals surface area contributed by atoms with Crippen molar-refractivity contribution in [1.82, 2.24) is 14.7 Å². The summed E-state index contributed by atoms with van der Waals surface area (Å²) in [6.45, 7) is 3.95. The van der Waals surface area contributed by atoms with E-state index in [1.54, 1.807) is 0 Å². The molecule has 4 saturated carbocycles. The first-order valence-electron chi connectivity index (χ1n) is 8.68. The molecule has 22 heavy (non-hydrogen) atoms. The molecule has 1 aromatic rings. The Morgan fingerprint density at radius 3 is 2.05 bits per heavy atom. The van der Waals surface area contributed by atoms with E-state index in [4.69, 9.17) is 0 Å². The Morgan fingerprint density at radius 2 is 1.64 bits per heavy atom. The highest BCUT2D eigenvalue weighted by Gasteiger charge is 2.54. The second-order valence-electron chi connectivity index (χ2n) is 8.18. The summed E-state index contributed by atoms with van der Waals surface area (Å²) in [5.41, 5.74) is 2.79. The number of nitrogens with zero attached hydrogens (tertiary/aromatic N) is 3. The Labute approximate surface area is 132 Å². The van der Waals surface area contributed by atoms with Gasteiger partial charge in [-0.2, -0.15) is 5.10 Å². The van der Waals surface area contributed by atoms with Gasteiger partial charge < -0.3 is 4.90 Å². The predicted molar refractivity (Wildman–Crippen MR) is 85.7 cm³/mol. The molecule has 0 saturated heterocycles. The lowest BCUT2D eigenvalue weighted by molar-refractivity contribution is -0.0665. The number of carbonyl (C=O) groups excluding carboxylic acids is 1. The zero-order chi connectivity index (χ0) is 15.6. The van der Waals surface area contributed by atoms with Crippen LogP contribution in [0.2, 0.25) is 0 Å². The lowest BCUT2D eigenvalue weighted by Crippen LogP contribution is -2.60. The number of carbonyl (C=O) groups is 1. The van der Waals surface area contributed by atoms with Gasteiger partial charge in [-0.25, -0.2) is 0 Å². The van der Waals surface area contributed by atoms with Gasteiger partial charge in [0, 0.05) is 25.3 Å². The third-order valence-electron chi connectivity index (χ3n) is 6.74. The Kier molecular flexibility index (Phi) is 2.98. The summed E-state index contributed by atoms with van der Waals surface area (Å²) in [6, 6.07) is 0. The van der Waals surface area contributed by atoms with E-state index in [0.29, 0.717) is 0 Å². The fourth-order valence-corrected chi connectivity index (χ4v) is 5.94. The normalized spacial score (nSPS) is 35.9. The number of amides is 1. The first-order chi connectivity index (χ1) is 10.4. The first-order valence-corrected chi connectivity index (χ1v) is 8.68. The topological polar surface area (TPSA) is 38.1 Å². The molecule has 4 heteroatoms. The minimum atomic E-state index is 0.126. The van der Waals surface area contributed by atoms with Gasteiger partial charge in [0.1, 0.15) is 0 Å². The van der Waals surface area contributed by atoms with Crippen molar-refractivity contribution in [3.8, 4) is 0 Å². The molecule has 1 heterocycles. The molecule has 0 radical (unpaired) electrons. The van der Waals surface area contributed by atoms with Gasteiger partial charge in [0.2, 0.25) is 0 Å². The first kappa shape index (κ1) is 14.3. The average Bonchev–Trinajstić information content (AvgIpc) is 2.69. The minimum Gasteiger partial charge on any atom is -0.336 e. The van der Waals surface area contributed by atoms with Gasteiger partial charge in [0.15, 0.2) is 0 Å². The van der Waals surface area contributed by atoms with E-state index in [0.717, 1.165) is 34.7 Å². The molecule has 1 amide bonds. The van der Waals surface area contributed by atoms with Crippen LogP contribution in [0.4, 0.5) is 0 Å². The van der Waals surface area contributed by atoms with Crippen LogP contribution in [0.25, 0.3) is 0 Å². The summed E-state index contributed by atoms with van der Waals surface area (Å²) in [7, 11) is 3.96. The number of aryl methyl sites for hydroxylation is 2. The van der Waals surface area contributed by atoms with Crippen molar-refractivity contribution in [2.45, 2.75) is 57.9 Å². The van der Waals surface area contributed by atoms with Crippen molar-refractivity contribution in [2.75, 3.05) is 7.05 Å². The molecule has 4 bridgehead atoms. The molecule has 0 unspecified atom stereocenters. The molecule has 0 spiro atoms. The molecule has 4 aliphatic rings. The van der Waals surface area contributed by atoms with Crippen molar-refractivity contribution in [3.63, 3.8) is 0 Å². The van der Waals surface area contributed by atoms with E-state index >= 15 is 0 Å². The quantitative estimate of drug-likeness (QED) is 0.842. The lowest BCUT2D eigenvalue weighted by Gasteiger charge is -2.59. The number of aromatic nitrogens is 2. The summed E-state index contributed by atoms with van der Waals surface area (Å²) in [4.78, 5) is 15.3. The number of hydrogen-bond acceptors (Lipinski definition) is 2. The van der Waals surface area contributed by atoms with Crippen LogP contribution in [-0.4, -0.2) is 33.2 Å². The van der Waals surface area contributed by atoms with Gasteiger partial charge in [0.25, 0.3) is 5.91 Å². The van der Waals surface area contributed by atoms with Crippen molar-refractivity contribution in [2.24, 2.45) is 24.8 Å². The largest absolute Gasteiger partial charge is 0.336 e.